The van der Waals surface area contributed by atoms with E-state index in [2.05, 4.69) is 15.7 Å². The van der Waals surface area contributed by atoms with Crippen LogP contribution >= 0.6 is 0 Å². The molecule has 3 heterocycles. The molecule has 2 aliphatic rings. The predicted octanol–water partition coefficient (Wildman–Crippen LogP) is 4.89. The number of alkyl halides is 3. The SMILES string of the molecule is Cc1ccc(C2CC(C(F)(F)F)n3ncc(C(=O)Nc4cc5c(cc4C(C)O)OCO5)c3N2)cc1. The van der Waals surface area contributed by atoms with Gasteiger partial charge in [0, 0.05) is 18.1 Å². The number of carbonyl (C=O) groups excluding carboxylic acids is 1. The number of halogens is 3. The number of nitrogens with zero attached hydrogens (tertiary/aromatic N) is 2. The minimum atomic E-state index is -4.56. The summed E-state index contributed by atoms with van der Waals surface area (Å²) in [4.78, 5) is 13.2. The molecule has 3 aromatic rings. The number of hydrogen-bond donors (Lipinski definition) is 3. The number of aliphatic hydroxyl groups excluding tert-OH is 1. The van der Waals surface area contributed by atoms with Crippen molar-refractivity contribution < 1.29 is 32.5 Å². The lowest BCUT2D eigenvalue weighted by molar-refractivity contribution is -0.173. The predicted molar refractivity (Wildman–Crippen MR) is 121 cm³/mol. The number of amides is 1. The number of benzene rings is 2. The van der Waals surface area contributed by atoms with Crippen LogP contribution in [0.15, 0.2) is 42.6 Å². The number of hydrogen-bond acceptors (Lipinski definition) is 6. The minimum Gasteiger partial charge on any atom is -0.454 e. The molecule has 0 spiro atoms. The van der Waals surface area contributed by atoms with E-state index >= 15 is 0 Å². The molecule has 2 aromatic carbocycles. The van der Waals surface area contributed by atoms with Crippen LogP contribution < -0.4 is 20.1 Å². The molecule has 0 bridgehead atoms. The quantitative estimate of drug-likeness (QED) is 0.484. The molecule has 2 aliphatic heterocycles. The Balaban J connectivity index is 1.50. The number of aryl methyl sites for hydroxylation is 1. The third kappa shape index (κ3) is 4.27. The summed E-state index contributed by atoms with van der Waals surface area (Å²) in [7, 11) is 0. The fraction of sp³-hybridized carbons (Fsp3) is 0.333. The Morgan fingerprint density at radius 1 is 1.23 bits per heavy atom. The highest BCUT2D eigenvalue weighted by atomic mass is 19.4. The molecule has 0 fully saturated rings. The van der Waals surface area contributed by atoms with Gasteiger partial charge in [-0.15, -0.1) is 0 Å². The third-order valence-corrected chi connectivity index (χ3v) is 6.21. The third-order valence-electron chi connectivity index (χ3n) is 6.21. The van der Waals surface area contributed by atoms with E-state index in [1.54, 1.807) is 18.2 Å². The Kier molecular flexibility index (Phi) is 5.59. The molecule has 8 nitrogen and oxygen atoms in total. The maximum absolute atomic E-state index is 14.0. The van der Waals surface area contributed by atoms with Crippen LogP contribution in [-0.4, -0.2) is 33.8 Å². The summed E-state index contributed by atoms with van der Waals surface area (Å²) >= 11 is 0. The Bertz CT molecular complexity index is 1270. The van der Waals surface area contributed by atoms with Gasteiger partial charge in [-0.2, -0.15) is 18.3 Å². The first-order valence-corrected chi connectivity index (χ1v) is 11.0. The van der Waals surface area contributed by atoms with E-state index in [9.17, 15) is 23.1 Å². The lowest BCUT2D eigenvalue weighted by atomic mass is 9.96. The molecule has 0 aliphatic carbocycles. The van der Waals surface area contributed by atoms with Crippen molar-refractivity contribution in [2.45, 2.75) is 44.6 Å². The van der Waals surface area contributed by atoms with E-state index in [0.29, 0.717) is 22.6 Å². The van der Waals surface area contributed by atoms with Crippen LogP contribution in [-0.2, 0) is 0 Å². The van der Waals surface area contributed by atoms with Crippen LogP contribution in [0.1, 0.15) is 58.6 Å². The zero-order chi connectivity index (χ0) is 24.9. The fourth-order valence-electron chi connectivity index (χ4n) is 4.35. The van der Waals surface area contributed by atoms with Gasteiger partial charge in [-0.05, 0) is 25.5 Å². The summed E-state index contributed by atoms with van der Waals surface area (Å²) in [6.45, 7) is 3.43. The van der Waals surface area contributed by atoms with Crippen molar-refractivity contribution in [2.75, 3.05) is 17.4 Å². The molecule has 0 radical (unpaired) electrons. The van der Waals surface area contributed by atoms with Crippen molar-refractivity contribution in [3.05, 3.63) is 64.8 Å². The summed E-state index contributed by atoms with van der Waals surface area (Å²) in [5.41, 5.74) is 2.25. The molecule has 1 amide bonds. The average molecular weight is 488 g/mol. The summed E-state index contributed by atoms with van der Waals surface area (Å²) in [6.07, 6.45) is -4.66. The van der Waals surface area contributed by atoms with Crippen LogP contribution in [0, 0.1) is 6.92 Å². The van der Waals surface area contributed by atoms with E-state index in [4.69, 9.17) is 9.47 Å². The summed E-state index contributed by atoms with van der Waals surface area (Å²) < 4.78 is 53.4. The first-order valence-electron chi connectivity index (χ1n) is 11.0. The normalized spacial score (nSPS) is 19.6. The Morgan fingerprint density at radius 2 is 1.91 bits per heavy atom. The molecule has 5 rings (SSSR count). The molecule has 1 aromatic heterocycles. The standard InChI is InChI=1S/C24H23F3N4O4/c1-12-3-5-14(6-4-12)17-9-21(24(25,26)27)31-22(29-17)16(10-28-31)23(33)30-18-8-20-19(34-11-35-20)7-15(18)13(2)32/h3-8,10,13,17,21,29,32H,9,11H2,1-2H3,(H,30,33). The summed E-state index contributed by atoms with van der Waals surface area (Å²) in [5.74, 6) is 0.111. The second-order valence-corrected chi connectivity index (χ2v) is 8.67. The highest BCUT2D eigenvalue weighted by Gasteiger charge is 2.47. The second-order valence-electron chi connectivity index (χ2n) is 8.67. The van der Waals surface area contributed by atoms with Crippen LogP contribution in [0.5, 0.6) is 11.5 Å². The average Bonchev–Trinajstić information content (AvgIpc) is 3.44. The highest BCUT2D eigenvalue weighted by Crippen LogP contribution is 2.45. The lowest BCUT2D eigenvalue weighted by Crippen LogP contribution is -2.36. The molecular weight excluding hydrogens is 465 g/mol. The zero-order valence-corrected chi connectivity index (χ0v) is 18.9. The van der Waals surface area contributed by atoms with Crippen molar-refractivity contribution in [2.24, 2.45) is 0 Å². The molecule has 11 heteroatoms. The number of aliphatic hydroxyl groups is 1. The number of fused-ring (bicyclic) bond motifs is 2. The molecule has 3 N–H and O–H groups in total. The fourth-order valence-corrected chi connectivity index (χ4v) is 4.35. The largest absolute Gasteiger partial charge is 0.454 e. The summed E-state index contributed by atoms with van der Waals surface area (Å²) in [6, 6.07) is 7.70. The van der Waals surface area contributed by atoms with Crippen LogP contribution in [0.3, 0.4) is 0 Å². The van der Waals surface area contributed by atoms with E-state index in [1.807, 2.05) is 19.1 Å². The minimum absolute atomic E-state index is 0.00600. The molecule has 3 atom stereocenters. The Hall–Kier alpha value is -3.73. The van der Waals surface area contributed by atoms with Gasteiger partial charge in [0.15, 0.2) is 17.5 Å². The highest BCUT2D eigenvalue weighted by molar-refractivity contribution is 6.08. The van der Waals surface area contributed by atoms with Crippen molar-refractivity contribution in [1.29, 1.82) is 0 Å². The van der Waals surface area contributed by atoms with Crippen molar-refractivity contribution in [1.82, 2.24) is 9.78 Å². The van der Waals surface area contributed by atoms with Crippen LogP contribution in [0.4, 0.5) is 24.7 Å². The van der Waals surface area contributed by atoms with Gasteiger partial charge < -0.3 is 25.2 Å². The number of aromatic nitrogens is 2. The maximum atomic E-state index is 14.0. The van der Waals surface area contributed by atoms with Gasteiger partial charge in [-0.3, -0.25) is 4.79 Å². The van der Waals surface area contributed by atoms with E-state index in [1.165, 1.54) is 13.0 Å². The van der Waals surface area contributed by atoms with E-state index in [-0.39, 0.29) is 30.3 Å². The molecule has 3 unspecified atom stereocenters. The van der Waals surface area contributed by atoms with E-state index < -0.39 is 30.3 Å². The first-order chi connectivity index (χ1) is 16.6. The van der Waals surface area contributed by atoms with Gasteiger partial charge >= 0.3 is 6.18 Å². The molecule has 35 heavy (non-hydrogen) atoms. The van der Waals surface area contributed by atoms with Gasteiger partial charge in [-0.25, -0.2) is 4.68 Å². The Labute approximate surface area is 198 Å². The maximum Gasteiger partial charge on any atom is 0.410 e. The molecule has 184 valence electrons. The molecule has 0 saturated carbocycles. The number of rotatable bonds is 4. The van der Waals surface area contributed by atoms with Gasteiger partial charge in [0.05, 0.1) is 24.0 Å². The van der Waals surface area contributed by atoms with E-state index in [0.717, 1.165) is 16.4 Å². The second kappa shape index (κ2) is 8.49. The zero-order valence-electron chi connectivity index (χ0n) is 18.9. The molecule has 0 saturated heterocycles. The van der Waals surface area contributed by atoms with Gasteiger partial charge in [0.1, 0.15) is 11.4 Å². The smallest absolute Gasteiger partial charge is 0.410 e. The number of anilines is 2. The number of ether oxygens (including phenoxy) is 2. The lowest BCUT2D eigenvalue weighted by Gasteiger charge is -2.34. The topological polar surface area (TPSA) is 97.6 Å². The van der Waals surface area contributed by atoms with Crippen LogP contribution in [0.25, 0.3) is 0 Å². The van der Waals surface area contributed by atoms with Crippen molar-refractivity contribution in [3.8, 4) is 11.5 Å². The summed E-state index contributed by atoms with van der Waals surface area (Å²) in [5, 5.41) is 19.8. The molecular formula is C24H23F3N4O4. The van der Waals surface area contributed by atoms with Gasteiger partial charge in [0.25, 0.3) is 5.91 Å². The van der Waals surface area contributed by atoms with Crippen LogP contribution in [0.2, 0.25) is 0 Å². The number of nitrogens with one attached hydrogen (secondary N) is 2. The number of carbonyl (C=O) groups is 1. The first kappa shape index (κ1) is 23.0. The Morgan fingerprint density at radius 3 is 2.57 bits per heavy atom. The monoisotopic (exact) mass is 488 g/mol. The van der Waals surface area contributed by atoms with Crippen molar-refractivity contribution in [3.63, 3.8) is 0 Å². The van der Waals surface area contributed by atoms with Gasteiger partial charge in [0.2, 0.25) is 6.79 Å². The van der Waals surface area contributed by atoms with Gasteiger partial charge in [-0.1, -0.05) is 29.8 Å². The van der Waals surface area contributed by atoms with Crippen molar-refractivity contribution >= 4 is 17.4 Å².